The van der Waals surface area contributed by atoms with Crippen molar-refractivity contribution in [1.82, 2.24) is 5.32 Å². The molecule has 0 aliphatic heterocycles. The van der Waals surface area contributed by atoms with Crippen molar-refractivity contribution < 1.29 is 9.21 Å². The number of furan rings is 1. The minimum Gasteiger partial charge on any atom is -0.451 e. The summed E-state index contributed by atoms with van der Waals surface area (Å²) in [5, 5.41) is 4.80. The normalized spacial score (nSPS) is 21.9. The van der Waals surface area contributed by atoms with E-state index in [1.807, 2.05) is 42.5 Å². The second-order valence-electron chi connectivity index (χ2n) is 7.39. The first kappa shape index (κ1) is 20.7. The lowest BCUT2D eigenvalue weighted by molar-refractivity contribution is 0.0892. The van der Waals surface area contributed by atoms with Gasteiger partial charge in [0.1, 0.15) is 5.58 Å². The third-order valence-corrected chi connectivity index (χ3v) is 5.99. The van der Waals surface area contributed by atoms with Crippen LogP contribution in [0, 0.1) is 0 Å². The number of nitrogens with one attached hydrogen (secondary N) is 1. The van der Waals surface area contributed by atoms with E-state index in [-0.39, 0.29) is 29.8 Å². The van der Waals surface area contributed by atoms with Crippen LogP contribution in [0.5, 0.6) is 0 Å². The van der Waals surface area contributed by atoms with Crippen LogP contribution in [-0.4, -0.2) is 18.5 Å². The summed E-state index contributed by atoms with van der Waals surface area (Å²) in [5.41, 5.74) is 8.02. The monoisotopic (exact) mass is 418 g/mol. The topological polar surface area (TPSA) is 68.3 Å². The molecule has 6 heteroatoms. The largest absolute Gasteiger partial charge is 0.451 e. The first-order chi connectivity index (χ1) is 13.1. The molecule has 4 rings (SSSR count). The van der Waals surface area contributed by atoms with Gasteiger partial charge in [-0.1, -0.05) is 41.9 Å². The van der Waals surface area contributed by atoms with Crippen LogP contribution >= 0.6 is 24.0 Å². The Hall–Kier alpha value is -2.01. The van der Waals surface area contributed by atoms with Gasteiger partial charge >= 0.3 is 0 Å². The first-order valence-corrected chi connectivity index (χ1v) is 9.73. The molecule has 1 aliphatic rings. The number of rotatable bonds is 4. The number of fused-ring (bicyclic) bond motifs is 1. The third kappa shape index (κ3) is 4.04. The van der Waals surface area contributed by atoms with E-state index in [4.69, 9.17) is 21.8 Å². The fourth-order valence-corrected chi connectivity index (χ4v) is 4.28. The second-order valence-corrected chi connectivity index (χ2v) is 7.83. The highest BCUT2D eigenvalue weighted by atomic mass is 35.5. The Bertz CT molecular complexity index is 929. The van der Waals surface area contributed by atoms with Crippen LogP contribution < -0.4 is 11.1 Å². The molecule has 1 fully saturated rings. The number of para-hydroxylation sites is 1. The number of halogens is 2. The fourth-order valence-electron chi connectivity index (χ4n) is 4.09. The zero-order valence-electron chi connectivity index (χ0n) is 15.5. The molecule has 2 aromatic carbocycles. The van der Waals surface area contributed by atoms with Gasteiger partial charge in [-0.2, -0.15) is 0 Å². The molecule has 0 unspecified atom stereocenters. The molecular formula is C22H24Cl2N2O2. The van der Waals surface area contributed by atoms with Crippen LogP contribution in [0.3, 0.4) is 0 Å². The van der Waals surface area contributed by atoms with Crippen molar-refractivity contribution in [2.24, 2.45) is 5.73 Å². The van der Waals surface area contributed by atoms with Crippen molar-refractivity contribution in [2.75, 3.05) is 6.54 Å². The van der Waals surface area contributed by atoms with E-state index < -0.39 is 0 Å². The molecule has 1 amide bonds. The summed E-state index contributed by atoms with van der Waals surface area (Å²) in [6.45, 7) is 0.581. The average Bonchev–Trinajstić information content (AvgIpc) is 3.13. The molecule has 3 aromatic rings. The predicted octanol–water partition coefficient (Wildman–Crippen LogP) is 5.08. The van der Waals surface area contributed by atoms with E-state index in [2.05, 4.69) is 11.4 Å². The third-order valence-electron chi connectivity index (χ3n) is 5.75. The van der Waals surface area contributed by atoms with Crippen molar-refractivity contribution in [3.63, 3.8) is 0 Å². The van der Waals surface area contributed by atoms with E-state index in [0.717, 1.165) is 41.7 Å². The number of carbonyl (C=O) groups is 1. The summed E-state index contributed by atoms with van der Waals surface area (Å²) in [7, 11) is 0. The van der Waals surface area contributed by atoms with Gasteiger partial charge in [0.15, 0.2) is 5.76 Å². The zero-order valence-corrected chi connectivity index (χ0v) is 17.1. The lowest BCUT2D eigenvalue weighted by Crippen LogP contribution is -2.45. The van der Waals surface area contributed by atoms with Crippen LogP contribution in [0.1, 0.15) is 41.8 Å². The number of amides is 1. The van der Waals surface area contributed by atoms with Gasteiger partial charge in [0.2, 0.25) is 0 Å². The molecule has 0 atom stereocenters. The molecule has 0 bridgehead atoms. The number of hydrogen-bond acceptors (Lipinski definition) is 3. The van der Waals surface area contributed by atoms with Crippen molar-refractivity contribution in [2.45, 2.75) is 37.1 Å². The summed E-state index contributed by atoms with van der Waals surface area (Å²) in [4.78, 5) is 12.6. The van der Waals surface area contributed by atoms with Crippen LogP contribution in [-0.2, 0) is 5.41 Å². The Balaban J connectivity index is 0.00000225. The van der Waals surface area contributed by atoms with E-state index >= 15 is 0 Å². The Morgan fingerprint density at radius 2 is 1.89 bits per heavy atom. The maximum Gasteiger partial charge on any atom is 0.287 e. The average molecular weight is 419 g/mol. The maximum atomic E-state index is 12.6. The summed E-state index contributed by atoms with van der Waals surface area (Å²) < 4.78 is 5.67. The molecule has 148 valence electrons. The lowest BCUT2D eigenvalue weighted by atomic mass is 9.68. The van der Waals surface area contributed by atoms with Gasteiger partial charge in [0, 0.05) is 28.4 Å². The van der Waals surface area contributed by atoms with Gasteiger partial charge in [-0.15, -0.1) is 12.4 Å². The first-order valence-electron chi connectivity index (χ1n) is 9.35. The van der Waals surface area contributed by atoms with Gasteiger partial charge in [-0.05, 0) is 55.5 Å². The fraction of sp³-hybridized carbons (Fsp3) is 0.318. The minimum atomic E-state index is -0.154. The van der Waals surface area contributed by atoms with Crippen LogP contribution in [0.15, 0.2) is 59.0 Å². The van der Waals surface area contributed by atoms with Crippen molar-refractivity contribution >= 4 is 40.9 Å². The standard InChI is InChI=1S/C22H23ClN2O2.ClH/c23-17-6-3-5-16(13-17)22(14-24)10-8-18(9-11-22)25-21(26)20-12-15-4-1-2-7-19(15)27-20;/h1-7,12-13,18H,8-11,14,24H2,(H,25,26);1H/t18-,22-;. The van der Waals surface area contributed by atoms with Crippen molar-refractivity contribution in [3.8, 4) is 0 Å². The number of carbonyl (C=O) groups excluding carboxylic acids is 1. The van der Waals surface area contributed by atoms with Crippen molar-refractivity contribution in [1.29, 1.82) is 0 Å². The van der Waals surface area contributed by atoms with E-state index in [1.54, 1.807) is 6.07 Å². The highest BCUT2D eigenvalue weighted by Gasteiger charge is 2.36. The van der Waals surface area contributed by atoms with Gasteiger partial charge in [-0.3, -0.25) is 4.79 Å². The molecule has 0 saturated heterocycles. The summed E-state index contributed by atoms with van der Waals surface area (Å²) >= 11 is 6.17. The SMILES string of the molecule is Cl.NC[C@]1(c2cccc(Cl)c2)CC[C@H](NC(=O)c2cc3ccccc3o2)CC1. The van der Waals surface area contributed by atoms with E-state index in [1.165, 1.54) is 5.56 Å². The van der Waals surface area contributed by atoms with E-state index in [0.29, 0.717) is 12.3 Å². The smallest absolute Gasteiger partial charge is 0.287 e. The van der Waals surface area contributed by atoms with Crippen LogP contribution in [0.4, 0.5) is 0 Å². The summed E-state index contributed by atoms with van der Waals surface area (Å²) in [5.74, 6) is 0.209. The highest BCUT2D eigenvalue weighted by Crippen LogP contribution is 2.39. The quantitative estimate of drug-likeness (QED) is 0.620. The highest BCUT2D eigenvalue weighted by molar-refractivity contribution is 6.30. The zero-order chi connectivity index (χ0) is 18.9. The second kappa shape index (κ2) is 8.56. The molecule has 1 aliphatic carbocycles. The number of hydrogen-bond donors (Lipinski definition) is 2. The van der Waals surface area contributed by atoms with Crippen LogP contribution in [0.25, 0.3) is 11.0 Å². The van der Waals surface area contributed by atoms with Gasteiger partial charge < -0.3 is 15.5 Å². The molecule has 1 saturated carbocycles. The van der Waals surface area contributed by atoms with Gasteiger partial charge in [0.05, 0.1) is 0 Å². The van der Waals surface area contributed by atoms with Crippen molar-refractivity contribution in [3.05, 3.63) is 70.9 Å². The van der Waals surface area contributed by atoms with Gasteiger partial charge in [-0.25, -0.2) is 0 Å². The molecule has 4 nitrogen and oxygen atoms in total. The number of nitrogens with two attached hydrogens (primary N) is 1. The minimum absolute atomic E-state index is 0. The molecule has 1 heterocycles. The molecule has 3 N–H and O–H groups in total. The summed E-state index contributed by atoms with van der Waals surface area (Å²) in [6, 6.07) is 17.5. The molecular weight excluding hydrogens is 395 g/mol. The lowest BCUT2D eigenvalue weighted by Gasteiger charge is -2.40. The Labute approximate surface area is 175 Å². The van der Waals surface area contributed by atoms with Gasteiger partial charge in [0.25, 0.3) is 5.91 Å². The summed E-state index contributed by atoms with van der Waals surface area (Å²) in [6.07, 6.45) is 3.62. The van der Waals surface area contributed by atoms with E-state index in [9.17, 15) is 4.79 Å². The Kier molecular flexibility index (Phi) is 6.33. The Morgan fingerprint density at radius 1 is 1.14 bits per heavy atom. The maximum absolute atomic E-state index is 12.6. The molecule has 0 spiro atoms. The van der Waals surface area contributed by atoms with Crippen LogP contribution in [0.2, 0.25) is 5.02 Å². The molecule has 1 aromatic heterocycles. The molecule has 28 heavy (non-hydrogen) atoms. The Morgan fingerprint density at radius 3 is 2.57 bits per heavy atom. The predicted molar refractivity (Wildman–Crippen MR) is 115 cm³/mol. The molecule has 0 radical (unpaired) electrons. The number of benzene rings is 2.